The molecule has 0 heterocycles. The van der Waals surface area contributed by atoms with Gasteiger partial charge >= 0.3 is 6.03 Å². The zero-order valence-corrected chi connectivity index (χ0v) is 12.7. The van der Waals surface area contributed by atoms with Crippen LogP contribution in [0.25, 0.3) is 0 Å². The van der Waals surface area contributed by atoms with Crippen molar-refractivity contribution in [3.05, 3.63) is 34.9 Å². The Morgan fingerprint density at radius 2 is 2.15 bits per heavy atom. The molecule has 2 N–H and O–H groups in total. The number of carbonyl (C=O) groups is 1. The average Bonchev–Trinajstić information content (AvgIpc) is 2.41. The molecule has 2 amide bonds. The third kappa shape index (κ3) is 4.71. The van der Waals surface area contributed by atoms with Crippen LogP contribution in [0.5, 0.6) is 0 Å². The Hall–Kier alpha value is -1.22. The van der Waals surface area contributed by atoms with Crippen LogP contribution in [-0.4, -0.2) is 18.6 Å². The van der Waals surface area contributed by atoms with E-state index in [0.717, 1.165) is 23.4 Å². The van der Waals surface area contributed by atoms with E-state index in [-0.39, 0.29) is 6.03 Å². The number of hydrogen-bond acceptors (Lipinski definition) is 1. The second-order valence-corrected chi connectivity index (χ2v) is 6.08. The Labute approximate surface area is 126 Å². The second kappa shape index (κ2) is 7.53. The molecule has 1 fully saturated rings. The lowest BCUT2D eigenvalue weighted by Gasteiger charge is -2.29. The van der Waals surface area contributed by atoms with Gasteiger partial charge in [-0.2, -0.15) is 0 Å². The van der Waals surface area contributed by atoms with Gasteiger partial charge in [-0.15, -0.1) is 0 Å². The van der Waals surface area contributed by atoms with E-state index in [1.54, 1.807) is 0 Å². The summed E-state index contributed by atoms with van der Waals surface area (Å²) >= 11 is 5.93. The first kappa shape index (κ1) is 15.2. The van der Waals surface area contributed by atoms with Crippen LogP contribution < -0.4 is 10.6 Å². The maximum absolute atomic E-state index is 11.9. The largest absolute Gasteiger partial charge is 0.338 e. The fourth-order valence-corrected chi connectivity index (χ4v) is 2.98. The van der Waals surface area contributed by atoms with Crippen molar-refractivity contribution < 1.29 is 4.79 Å². The number of nitrogens with one attached hydrogen (secondary N) is 2. The summed E-state index contributed by atoms with van der Waals surface area (Å²) in [4.78, 5) is 11.9. The van der Waals surface area contributed by atoms with Crippen molar-refractivity contribution in [1.29, 1.82) is 0 Å². The number of amides is 2. The second-order valence-electron chi connectivity index (χ2n) is 5.65. The Morgan fingerprint density at radius 1 is 1.35 bits per heavy atom. The summed E-state index contributed by atoms with van der Waals surface area (Å²) < 4.78 is 0. The maximum atomic E-state index is 11.9. The highest BCUT2D eigenvalue weighted by Crippen LogP contribution is 2.23. The molecule has 3 nitrogen and oxygen atoms in total. The molecule has 4 heteroatoms. The highest BCUT2D eigenvalue weighted by atomic mass is 35.5. The smallest absolute Gasteiger partial charge is 0.315 e. The molecule has 1 aromatic rings. The lowest BCUT2D eigenvalue weighted by atomic mass is 9.86. The highest BCUT2D eigenvalue weighted by molar-refractivity contribution is 6.30. The van der Waals surface area contributed by atoms with Gasteiger partial charge in [0.05, 0.1) is 0 Å². The van der Waals surface area contributed by atoms with Gasteiger partial charge < -0.3 is 10.6 Å². The highest BCUT2D eigenvalue weighted by Gasteiger charge is 2.22. The number of carbonyl (C=O) groups excluding carboxylic acids is 1. The number of hydrogen-bond donors (Lipinski definition) is 2. The van der Waals surface area contributed by atoms with Crippen LogP contribution in [-0.2, 0) is 6.42 Å². The summed E-state index contributed by atoms with van der Waals surface area (Å²) in [5.41, 5.74) is 1.14. The molecule has 110 valence electrons. The molecule has 0 bridgehead atoms. The Balaban J connectivity index is 1.70. The molecule has 0 radical (unpaired) electrons. The minimum Gasteiger partial charge on any atom is -0.338 e. The molecule has 1 aliphatic carbocycles. The molecular formula is C16H23ClN2O. The normalized spacial score (nSPS) is 22.3. The molecule has 0 spiro atoms. The van der Waals surface area contributed by atoms with Crippen molar-refractivity contribution in [2.45, 2.75) is 45.1 Å². The zero-order chi connectivity index (χ0) is 14.4. The van der Waals surface area contributed by atoms with Crippen molar-refractivity contribution >= 4 is 17.6 Å². The molecule has 1 aromatic carbocycles. The molecule has 0 unspecified atom stereocenters. The quantitative estimate of drug-likeness (QED) is 0.872. The predicted octanol–water partition coefficient (Wildman–Crippen LogP) is 3.76. The molecule has 2 atom stereocenters. The van der Waals surface area contributed by atoms with Gasteiger partial charge in [-0.3, -0.25) is 0 Å². The maximum Gasteiger partial charge on any atom is 0.315 e. The summed E-state index contributed by atoms with van der Waals surface area (Å²) in [5, 5.41) is 6.75. The molecule has 0 saturated heterocycles. The van der Waals surface area contributed by atoms with E-state index in [1.165, 1.54) is 19.3 Å². The third-order valence-corrected chi connectivity index (χ3v) is 4.25. The SMILES string of the molecule is C[C@H]1CCCC[C@@H]1NC(=O)NCCc1cccc(Cl)c1. The summed E-state index contributed by atoms with van der Waals surface area (Å²) in [6.45, 7) is 2.85. The Kier molecular flexibility index (Phi) is 5.72. The van der Waals surface area contributed by atoms with Crippen LogP contribution in [0.1, 0.15) is 38.2 Å². The minimum atomic E-state index is -0.0502. The van der Waals surface area contributed by atoms with E-state index in [1.807, 2.05) is 24.3 Å². The summed E-state index contributed by atoms with van der Waals surface area (Å²) in [6.07, 6.45) is 5.62. The van der Waals surface area contributed by atoms with E-state index in [0.29, 0.717) is 18.5 Å². The monoisotopic (exact) mass is 294 g/mol. The van der Waals surface area contributed by atoms with Gasteiger partial charge in [0.2, 0.25) is 0 Å². The van der Waals surface area contributed by atoms with E-state index in [9.17, 15) is 4.79 Å². The van der Waals surface area contributed by atoms with Gasteiger partial charge in [0.15, 0.2) is 0 Å². The fourth-order valence-electron chi connectivity index (χ4n) is 2.76. The van der Waals surface area contributed by atoms with Gasteiger partial charge in [-0.05, 0) is 42.9 Å². The average molecular weight is 295 g/mol. The Morgan fingerprint density at radius 3 is 2.90 bits per heavy atom. The van der Waals surface area contributed by atoms with E-state index in [2.05, 4.69) is 17.6 Å². The lowest BCUT2D eigenvalue weighted by molar-refractivity contribution is 0.222. The van der Waals surface area contributed by atoms with Crippen molar-refractivity contribution in [3.63, 3.8) is 0 Å². The van der Waals surface area contributed by atoms with Gasteiger partial charge in [0.1, 0.15) is 0 Å². The van der Waals surface area contributed by atoms with E-state index in [4.69, 9.17) is 11.6 Å². The molecule has 2 rings (SSSR count). The van der Waals surface area contributed by atoms with Crippen LogP contribution in [0.4, 0.5) is 4.79 Å². The topological polar surface area (TPSA) is 41.1 Å². The van der Waals surface area contributed by atoms with Gasteiger partial charge in [0, 0.05) is 17.6 Å². The first-order valence-electron chi connectivity index (χ1n) is 7.44. The van der Waals surface area contributed by atoms with E-state index >= 15 is 0 Å². The number of benzene rings is 1. The van der Waals surface area contributed by atoms with Crippen LogP contribution >= 0.6 is 11.6 Å². The van der Waals surface area contributed by atoms with Gasteiger partial charge in [0.25, 0.3) is 0 Å². The van der Waals surface area contributed by atoms with E-state index < -0.39 is 0 Å². The van der Waals surface area contributed by atoms with Gasteiger partial charge in [-0.1, -0.05) is 43.5 Å². The van der Waals surface area contributed by atoms with Crippen molar-refractivity contribution in [1.82, 2.24) is 10.6 Å². The zero-order valence-electron chi connectivity index (χ0n) is 12.0. The van der Waals surface area contributed by atoms with Crippen molar-refractivity contribution in [3.8, 4) is 0 Å². The molecule has 0 aliphatic heterocycles. The standard InChI is InChI=1S/C16H23ClN2O/c1-12-5-2-3-8-15(12)19-16(20)18-10-9-13-6-4-7-14(17)11-13/h4,6-7,11-12,15H,2-3,5,8-10H2,1H3,(H2,18,19,20)/t12-,15-/m0/s1. The predicted molar refractivity (Wildman–Crippen MR) is 83.1 cm³/mol. The molecule has 0 aromatic heterocycles. The van der Waals surface area contributed by atoms with Crippen LogP contribution in [0.2, 0.25) is 5.02 Å². The molecule has 1 saturated carbocycles. The van der Waals surface area contributed by atoms with Gasteiger partial charge in [-0.25, -0.2) is 4.79 Å². The van der Waals surface area contributed by atoms with Crippen LogP contribution in [0.15, 0.2) is 24.3 Å². The molecular weight excluding hydrogens is 272 g/mol. The van der Waals surface area contributed by atoms with Crippen LogP contribution in [0, 0.1) is 5.92 Å². The number of halogens is 1. The lowest BCUT2D eigenvalue weighted by Crippen LogP contribution is -2.46. The van der Waals surface area contributed by atoms with Crippen molar-refractivity contribution in [2.75, 3.05) is 6.54 Å². The molecule has 20 heavy (non-hydrogen) atoms. The number of urea groups is 1. The Bertz CT molecular complexity index is 450. The first-order valence-corrected chi connectivity index (χ1v) is 7.82. The fraction of sp³-hybridized carbons (Fsp3) is 0.562. The third-order valence-electron chi connectivity index (χ3n) is 4.02. The first-order chi connectivity index (χ1) is 9.65. The summed E-state index contributed by atoms with van der Waals surface area (Å²) in [6, 6.07) is 8.02. The van der Waals surface area contributed by atoms with Crippen LogP contribution in [0.3, 0.4) is 0 Å². The van der Waals surface area contributed by atoms with Crippen molar-refractivity contribution in [2.24, 2.45) is 5.92 Å². The summed E-state index contributed by atoms with van der Waals surface area (Å²) in [5.74, 6) is 0.586. The number of rotatable bonds is 4. The minimum absolute atomic E-state index is 0.0502. The summed E-state index contributed by atoms with van der Waals surface area (Å²) in [7, 11) is 0. The molecule has 1 aliphatic rings.